The zero-order chi connectivity index (χ0) is 15.9. The van der Waals surface area contributed by atoms with Crippen molar-refractivity contribution in [3.8, 4) is 5.75 Å². The van der Waals surface area contributed by atoms with Crippen LogP contribution in [0.3, 0.4) is 0 Å². The molecule has 1 aliphatic carbocycles. The van der Waals surface area contributed by atoms with Gasteiger partial charge in [-0.15, -0.1) is 0 Å². The number of allylic oxidation sites excluding steroid dienone is 1. The standard InChI is InChI=1S/C15H15NO6/c1-20-12-7-10-9-5-3-4-6-11(9)22-14(17)15(10,16(18)19)8-13(12)21-2/h3-6,10H,7-8H2,1-2H3/t10-,15+/m0/s1. The third-order valence-electron chi connectivity index (χ3n) is 4.38. The predicted molar refractivity (Wildman–Crippen MR) is 74.8 cm³/mol. The second-order valence-electron chi connectivity index (χ2n) is 5.30. The van der Waals surface area contributed by atoms with Crippen molar-refractivity contribution in [2.45, 2.75) is 24.3 Å². The summed E-state index contributed by atoms with van der Waals surface area (Å²) in [5.74, 6) is -0.299. The van der Waals surface area contributed by atoms with E-state index in [0.717, 1.165) is 0 Å². The first kappa shape index (κ1) is 14.4. The Morgan fingerprint density at radius 2 is 1.95 bits per heavy atom. The van der Waals surface area contributed by atoms with E-state index >= 15 is 0 Å². The third kappa shape index (κ3) is 1.78. The van der Waals surface area contributed by atoms with Gasteiger partial charge in [0, 0.05) is 16.9 Å². The lowest BCUT2D eigenvalue weighted by Crippen LogP contribution is -2.57. The quantitative estimate of drug-likeness (QED) is 0.367. The van der Waals surface area contributed by atoms with Gasteiger partial charge in [0.15, 0.2) is 0 Å². The van der Waals surface area contributed by atoms with Crippen LogP contribution in [0.5, 0.6) is 5.75 Å². The van der Waals surface area contributed by atoms with Gasteiger partial charge in [-0.05, 0) is 6.07 Å². The van der Waals surface area contributed by atoms with E-state index in [4.69, 9.17) is 14.2 Å². The fourth-order valence-electron chi connectivity index (χ4n) is 3.22. The van der Waals surface area contributed by atoms with Gasteiger partial charge in [0.2, 0.25) is 0 Å². The number of rotatable bonds is 3. The lowest BCUT2D eigenvalue weighted by molar-refractivity contribution is -0.562. The number of methoxy groups -OCH3 is 2. The average molecular weight is 305 g/mol. The SMILES string of the molecule is COC1=C(OC)C[C@]2([N+](=O)[O-])C(=O)Oc3ccccc3[C@@H]2C1. The van der Waals surface area contributed by atoms with Gasteiger partial charge in [-0.3, -0.25) is 10.1 Å². The largest absolute Gasteiger partial charge is 0.498 e. The first-order valence-electron chi connectivity index (χ1n) is 6.80. The van der Waals surface area contributed by atoms with E-state index in [-0.39, 0.29) is 12.8 Å². The Balaban J connectivity index is 2.21. The Hall–Kier alpha value is -2.57. The summed E-state index contributed by atoms with van der Waals surface area (Å²) >= 11 is 0. The maximum Gasteiger partial charge on any atom is 0.391 e. The lowest BCUT2D eigenvalue weighted by atomic mass is 9.69. The normalized spacial score (nSPS) is 26.6. The van der Waals surface area contributed by atoms with E-state index in [1.54, 1.807) is 24.3 Å². The molecule has 1 heterocycles. The highest BCUT2D eigenvalue weighted by Gasteiger charge is 2.65. The van der Waals surface area contributed by atoms with Crippen molar-refractivity contribution in [2.24, 2.45) is 0 Å². The summed E-state index contributed by atoms with van der Waals surface area (Å²) in [6, 6.07) is 6.88. The summed E-state index contributed by atoms with van der Waals surface area (Å²) in [5, 5.41) is 11.8. The number of hydrogen-bond acceptors (Lipinski definition) is 6. The highest BCUT2D eigenvalue weighted by atomic mass is 16.6. The van der Waals surface area contributed by atoms with Gasteiger partial charge in [-0.25, -0.2) is 4.79 Å². The van der Waals surface area contributed by atoms with Crippen molar-refractivity contribution in [1.29, 1.82) is 0 Å². The number of nitrogens with zero attached hydrogens (tertiary/aromatic N) is 1. The van der Waals surface area contributed by atoms with Crippen molar-refractivity contribution in [3.63, 3.8) is 0 Å². The predicted octanol–water partition coefficient (Wildman–Crippen LogP) is 2.00. The Bertz CT molecular complexity index is 682. The van der Waals surface area contributed by atoms with Gasteiger partial charge in [-0.2, -0.15) is 0 Å². The zero-order valence-electron chi connectivity index (χ0n) is 12.2. The maximum absolute atomic E-state index is 12.4. The minimum Gasteiger partial charge on any atom is -0.498 e. The van der Waals surface area contributed by atoms with E-state index in [0.29, 0.717) is 22.8 Å². The molecular weight excluding hydrogens is 290 g/mol. The molecule has 0 N–H and O–H groups in total. The fraction of sp³-hybridized carbons (Fsp3) is 0.400. The molecule has 7 heteroatoms. The van der Waals surface area contributed by atoms with E-state index in [2.05, 4.69) is 0 Å². The van der Waals surface area contributed by atoms with Crippen LogP contribution in [0.15, 0.2) is 35.8 Å². The number of nitro groups is 1. The molecule has 3 rings (SSSR count). The van der Waals surface area contributed by atoms with Crippen LogP contribution in [-0.4, -0.2) is 30.7 Å². The lowest BCUT2D eigenvalue weighted by Gasteiger charge is -2.39. The number of carbonyl (C=O) groups is 1. The summed E-state index contributed by atoms with van der Waals surface area (Å²) in [7, 11) is 2.89. The van der Waals surface area contributed by atoms with Crippen LogP contribution in [0.25, 0.3) is 0 Å². The number of fused-ring (bicyclic) bond motifs is 3. The molecule has 0 fully saturated rings. The van der Waals surface area contributed by atoms with Crippen LogP contribution >= 0.6 is 0 Å². The Kier molecular flexibility index (Phi) is 3.27. The first-order chi connectivity index (χ1) is 10.5. The second-order valence-corrected chi connectivity index (χ2v) is 5.30. The van der Waals surface area contributed by atoms with Crippen molar-refractivity contribution >= 4 is 5.97 Å². The summed E-state index contributed by atoms with van der Waals surface area (Å²) in [6.07, 6.45) is 0.0320. The monoisotopic (exact) mass is 305 g/mol. The second kappa shape index (κ2) is 5.01. The molecule has 0 saturated heterocycles. The summed E-state index contributed by atoms with van der Waals surface area (Å²) in [6.45, 7) is 0. The molecule has 0 spiro atoms. The minimum atomic E-state index is -1.87. The van der Waals surface area contributed by atoms with Crippen molar-refractivity contribution in [2.75, 3.05) is 14.2 Å². The molecule has 0 radical (unpaired) electrons. The van der Waals surface area contributed by atoms with E-state index in [1.165, 1.54) is 14.2 Å². The molecule has 2 aliphatic rings. The molecule has 1 aromatic carbocycles. The number of hydrogen-bond donors (Lipinski definition) is 0. The number of esters is 1. The van der Waals surface area contributed by atoms with Gasteiger partial charge >= 0.3 is 11.5 Å². The Morgan fingerprint density at radius 3 is 2.59 bits per heavy atom. The number of para-hydroxylation sites is 1. The molecular formula is C15H15NO6. The van der Waals surface area contributed by atoms with E-state index in [9.17, 15) is 14.9 Å². The number of ether oxygens (including phenoxy) is 3. The first-order valence-corrected chi connectivity index (χ1v) is 6.80. The van der Waals surface area contributed by atoms with Gasteiger partial charge < -0.3 is 14.2 Å². The zero-order valence-corrected chi connectivity index (χ0v) is 12.2. The molecule has 0 aromatic heterocycles. The average Bonchev–Trinajstić information content (AvgIpc) is 2.53. The summed E-state index contributed by atoms with van der Waals surface area (Å²) in [4.78, 5) is 23.6. The highest BCUT2D eigenvalue weighted by Crippen LogP contribution is 2.51. The van der Waals surface area contributed by atoms with E-state index < -0.39 is 22.3 Å². The Labute approximate surface area is 126 Å². The molecule has 7 nitrogen and oxygen atoms in total. The number of benzene rings is 1. The van der Waals surface area contributed by atoms with Crippen molar-refractivity contribution < 1.29 is 23.9 Å². The molecule has 1 aliphatic heterocycles. The summed E-state index contributed by atoms with van der Waals surface area (Å²) in [5.41, 5.74) is -1.23. The van der Waals surface area contributed by atoms with Crippen LogP contribution in [0.4, 0.5) is 0 Å². The molecule has 0 amide bonds. The van der Waals surface area contributed by atoms with Gasteiger partial charge in [0.05, 0.1) is 26.6 Å². The minimum absolute atomic E-state index is 0.183. The van der Waals surface area contributed by atoms with Crippen LogP contribution in [0.1, 0.15) is 24.3 Å². The van der Waals surface area contributed by atoms with E-state index in [1.807, 2.05) is 0 Å². The Morgan fingerprint density at radius 1 is 1.27 bits per heavy atom. The van der Waals surface area contributed by atoms with Crippen LogP contribution < -0.4 is 4.74 Å². The maximum atomic E-state index is 12.4. The molecule has 22 heavy (non-hydrogen) atoms. The van der Waals surface area contributed by atoms with Crippen LogP contribution in [-0.2, 0) is 14.3 Å². The number of carbonyl (C=O) groups excluding carboxylic acids is 1. The molecule has 2 atom stereocenters. The van der Waals surface area contributed by atoms with Gasteiger partial charge in [0.25, 0.3) is 0 Å². The highest BCUT2D eigenvalue weighted by molar-refractivity contribution is 5.86. The van der Waals surface area contributed by atoms with Gasteiger partial charge in [0.1, 0.15) is 17.3 Å². The van der Waals surface area contributed by atoms with Crippen molar-refractivity contribution in [3.05, 3.63) is 51.5 Å². The van der Waals surface area contributed by atoms with Crippen molar-refractivity contribution in [1.82, 2.24) is 0 Å². The molecule has 0 saturated carbocycles. The topological polar surface area (TPSA) is 87.9 Å². The van der Waals surface area contributed by atoms with Crippen LogP contribution in [0, 0.1) is 10.1 Å². The molecule has 116 valence electrons. The van der Waals surface area contributed by atoms with Crippen LogP contribution in [0.2, 0.25) is 0 Å². The smallest absolute Gasteiger partial charge is 0.391 e. The fourth-order valence-corrected chi connectivity index (χ4v) is 3.22. The molecule has 0 bridgehead atoms. The summed E-state index contributed by atoms with van der Waals surface area (Å²) < 4.78 is 15.7. The molecule has 0 unspecified atom stereocenters. The molecule has 1 aromatic rings. The third-order valence-corrected chi connectivity index (χ3v) is 4.38. The van der Waals surface area contributed by atoms with Gasteiger partial charge in [-0.1, -0.05) is 18.2 Å².